The van der Waals surface area contributed by atoms with Gasteiger partial charge in [0.25, 0.3) is 5.56 Å². The summed E-state index contributed by atoms with van der Waals surface area (Å²) in [6, 6.07) is 1.83. The van der Waals surface area contributed by atoms with E-state index in [-0.39, 0.29) is 17.7 Å². The maximum absolute atomic E-state index is 12.0. The van der Waals surface area contributed by atoms with Gasteiger partial charge in [-0.25, -0.2) is 4.98 Å². The summed E-state index contributed by atoms with van der Waals surface area (Å²) in [5.41, 5.74) is 8.15. The third-order valence-corrected chi connectivity index (χ3v) is 4.67. The predicted molar refractivity (Wildman–Crippen MR) is 80.4 cm³/mol. The number of nitrogens with two attached hydrogens (primary N) is 1. The van der Waals surface area contributed by atoms with E-state index in [1.54, 1.807) is 18.7 Å². The van der Waals surface area contributed by atoms with Crippen LogP contribution < -0.4 is 11.3 Å². The highest BCUT2D eigenvalue weighted by molar-refractivity contribution is 7.14. The Bertz CT molecular complexity index is 670. The molecule has 1 aliphatic rings. The van der Waals surface area contributed by atoms with Crippen molar-refractivity contribution >= 4 is 16.3 Å². The quantitative estimate of drug-likeness (QED) is 0.861. The number of hydrogen-bond acceptors (Lipinski definition) is 7. The fourth-order valence-electron chi connectivity index (χ4n) is 2.82. The molecule has 0 bridgehead atoms. The van der Waals surface area contributed by atoms with E-state index >= 15 is 0 Å². The summed E-state index contributed by atoms with van der Waals surface area (Å²) in [6.07, 6.45) is 2.18. The zero-order chi connectivity index (χ0) is 14.8. The van der Waals surface area contributed by atoms with E-state index < -0.39 is 0 Å². The third-order valence-electron chi connectivity index (χ3n) is 4.00. The molecule has 3 heterocycles. The lowest BCUT2D eigenvalue weighted by Gasteiger charge is -2.38. The summed E-state index contributed by atoms with van der Waals surface area (Å²) in [5.74, 6) is 0. The average Bonchev–Trinajstić information content (AvgIpc) is 2.96. The first kappa shape index (κ1) is 14.6. The van der Waals surface area contributed by atoms with E-state index in [4.69, 9.17) is 10.5 Å². The van der Waals surface area contributed by atoms with Crippen molar-refractivity contribution < 1.29 is 4.74 Å². The molecule has 2 atom stereocenters. The molecule has 2 aromatic rings. The molecule has 0 spiro atoms. The molecule has 0 radical (unpaired) electrons. The molecular formula is C13H19N5O2S. The van der Waals surface area contributed by atoms with Crippen LogP contribution in [0.3, 0.4) is 0 Å². The first-order valence-corrected chi connectivity index (χ1v) is 7.88. The number of aromatic nitrogens is 3. The molecule has 114 valence electrons. The number of likely N-dealkylation sites (tertiary alicyclic amines) is 1. The van der Waals surface area contributed by atoms with Gasteiger partial charge in [0.1, 0.15) is 5.51 Å². The Labute approximate surface area is 126 Å². The maximum Gasteiger partial charge on any atom is 0.275 e. The van der Waals surface area contributed by atoms with Crippen LogP contribution in [-0.2, 0) is 11.3 Å². The van der Waals surface area contributed by atoms with Crippen molar-refractivity contribution in [2.75, 3.05) is 20.2 Å². The van der Waals surface area contributed by atoms with Crippen molar-refractivity contribution in [2.24, 2.45) is 5.73 Å². The minimum atomic E-state index is -0.132. The highest BCUT2D eigenvalue weighted by Gasteiger charge is 2.27. The van der Waals surface area contributed by atoms with E-state index in [1.807, 2.05) is 0 Å². The van der Waals surface area contributed by atoms with Gasteiger partial charge >= 0.3 is 0 Å². The normalized spacial score (nSPS) is 23.7. The Hall–Kier alpha value is -1.35. The minimum absolute atomic E-state index is 0.132. The van der Waals surface area contributed by atoms with E-state index in [9.17, 15) is 4.79 Å². The van der Waals surface area contributed by atoms with Crippen LogP contribution in [0.5, 0.6) is 0 Å². The predicted octanol–water partition coefficient (Wildman–Crippen LogP) is 0.0891. The molecule has 1 fully saturated rings. The van der Waals surface area contributed by atoms with Crippen LogP contribution >= 0.6 is 11.3 Å². The summed E-state index contributed by atoms with van der Waals surface area (Å²) >= 11 is 1.37. The van der Waals surface area contributed by atoms with Crippen molar-refractivity contribution in [1.29, 1.82) is 0 Å². The van der Waals surface area contributed by atoms with Crippen LogP contribution in [0.2, 0.25) is 0 Å². The molecule has 0 aromatic carbocycles. The summed E-state index contributed by atoms with van der Waals surface area (Å²) in [4.78, 5) is 19.4. The van der Waals surface area contributed by atoms with Crippen LogP contribution in [0, 0.1) is 0 Å². The molecular weight excluding hydrogens is 290 g/mol. The molecule has 0 saturated carbocycles. The van der Waals surface area contributed by atoms with E-state index in [0.29, 0.717) is 18.1 Å². The van der Waals surface area contributed by atoms with Crippen LogP contribution in [0.4, 0.5) is 0 Å². The zero-order valence-corrected chi connectivity index (χ0v) is 12.8. The first-order valence-electron chi connectivity index (χ1n) is 7.00. The van der Waals surface area contributed by atoms with Gasteiger partial charge in [0.15, 0.2) is 0 Å². The maximum atomic E-state index is 12.0. The Morgan fingerprint density at radius 1 is 1.57 bits per heavy atom. The molecule has 0 aliphatic carbocycles. The van der Waals surface area contributed by atoms with Gasteiger partial charge in [-0.15, -0.1) is 0 Å². The number of fused-ring (bicyclic) bond motifs is 1. The van der Waals surface area contributed by atoms with Gasteiger partial charge in [-0.3, -0.25) is 9.69 Å². The van der Waals surface area contributed by atoms with Crippen molar-refractivity contribution in [3.05, 3.63) is 27.6 Å². The van der Waals surface area contributed by atoms with Crippen LogP contribution in [0.1, 0.15) is 18.5 Å². The SMILES string of the molecule is COC1CCN(Cc2cc(=O)n3ncsc3n2)C(CN)C1. The van der Waals surface area contributed by atoms with Gasteiger partial charge in [0.2, 0.25) is 4.96 Å². The number of nitrogens with zero attached hydrogens (tertiary/aromatic N) is 4. The van der Waals surface area contributed by atoms with Gasteiger partial charge in [0.05, 0.1) is 11.8 Å². The second-order valence-electron chi connectivity index (χ2n) is 5.26. The molecule has 1 aliphatic heterocycles. The lowest BCUT2D eigenvalue weighted by Crippen LogP contribution is -2.48. The number of rotatable bonds is 4. The van der Waals surface area contributed by atoms with Gasteiger partial charge < -0.3 is 10.5 Å². The van der Waals surface area contributed by atoms with Gasteiger partial charge in [-0.05, 0) is 12.8 Å². The van der Waals surface area contributed by atoms with Gasteiger partial charge in [-0.2, -0.15) is 9.61 Å². The highest BCUT2D eigenvalue weighted by atomic mass is 32.1. The molecule has 2 unspecified atom stereocenters. The first-order chi connectivity index (χ1) is 10.2. The molecule has 7 nitrogen and oxygen atoms in total. The molecule has 1 saturated heterocycles. The average molecular weight is 309 g/mol. The lowest BCUT2D eigenvalue weighted by molar-refractivity contribution is 0.00978. The number of ether oxygens (including phenoxy) is 1. The molecule has 0 amide bonds. The molecule has 2 N–H and O–H groups in total. The molecule has 8 heteroatoms. The van der Waals surface area contributed by atoms with Crippen LogP contribution in [0.25, 0.3) is 4.96 Å². The Balaban J connectivity index is 1.79. The monoisotopic (exact) mass is 309 g/mol. The zero-order valence-electron chi connectivity index (χ0n) is 11.9. The second kappa shape index (κ2) is 6.18. The fourth-order valence-corrected chi connectivity index (χ4v) is 3.46. The molecule has 3 rings (SSSR count). The van der Waals surface area contributed by atoms with E-state index in [0.717, 1.165) is 25.1 Å². The Kier molecular flexibility index (Phi) is 4.29. The highest BCUT2D eigenvalue weighted by Crippen LogP contribution is 2.20. The van der Waals surface area contributed by atoms with Crippen molar-refractivity contribution in [3.8, 4) is 0 Å². The Morgan fingerprint density at radius 3 is 3.19 bits per heavy atom. The van der Waals surface area contributed by atoms with Crippen LogP contribution in [0.15, 0.2) is 16.4 Å². The summed E-state index contributed by atoms with van der Waals surface area (Å²) in [7, 11) is 1.74. The lowest BCUT2D eigenvalue weighted by atomic mass is 9.99. The Morgan fingerprint density at radius 2 is 2.43 bits per heavy atom. The fraction of sp³-hybridized carbons (Fsp3) is 0.615. The van der Waals surface area contributed by atoms with Crippen molar-refractivity contribution in [2.45, 2.75) is 31.5 Å². The standard InChI is InChI=1S/C13H19N5O2S/c1-20-11-2-3-17(10(5-11)6-14)7-9-4-12(19)18-13(16-9)21-8-15-18/h4,8,10-11H,2-3,5-7,14H2,1H3. The molecule has 2 aromatic heterocycles. The van der Waals surface area contributed by atoms with Crippen LogP contribution in [-0.4, -0.2) is 51.8 Å². The largest absolute Gasteiger partial charge is 0.381 e. The minimum Gasteiger partial charge on any atom is -0.381 e. The third kappa shape index (κ3) is 2.98. The summed E-state index contributed by atoms with van der Waals surface area (Å²) in [6.45, 7) is 2.13. The van der Waals surface area contributed by atoms with E-state index in [2.05, 4.69) is 15.0 Å². The number of methoxy groups -OCH3 is 1. The van der Waals surface area contributed by atoms with Crippen molar-refractivity contribution in [1.82, 2.24) is 19.5 Å². The number of piperidine rings is 1. The summed E-state index contributed by atoms with van der Waals surface area (Å²) < 4.78 is 6.76. The number of hydrogen-bond donors (Lipinski definition) is 1. The van der Waals surface area contributed by atoms with Gasteiger partial charge in [0, 0.05) is 38.9 Å². The summed E-state index contributed by atoms with van der Waals surface area (Å²) in [5, 5.41) is 3.97. The smallest absolute Gasteiger partial charge is 0.275 e. The molecule has 21 heavy (non-hydrogen) atoms. The van der Waals surface area contributed by atoms with Crippen molar-refractivity contribution in [3.63, 3.8) is 0 Å². The second-order valence-corrected chi connectivity index (χ2v) is 6.07. The van der Waals surface area contributed by atoms with E-state index in [1.165, 1.54) is 15.9 Å². The topological polar surface area (TPSA) is 85.8 Å². The van der Waals surface area contributed by atoms with Gasteiger partial charge in [-0.1, -0.05) is 11.3 Å².